The SMILES string of the molecule is CCCCCCCCc1ccc(OC(=O)c2cnc(-c3ccc(OCCCC)cc3)cn2)c(F)c1. The molecule has 3 aromatic rings. The molecule has 0 atom stereocenters. The Kier molecular flexibility index (Phi) is 10.7. The van der Waals surface area contributed by atoms with Crippen molar-refractivity contribution in [2.45, 2.75) is 71.6 Å². The molecule has 0 radical (unpaired) electrons. The number of ether oxygens (including phenoxy) is 2. The standard InChI is InChI=1S/C29H35FN2O3/c1-3-5-7-8-9-10-11-22-12-17-28(25(30)19-22)35-29(33)27-21-31-26(20-32-27)23-13-15-24(16-14-23)34-18-6-4-2/h12-17,19-21H,3-11,18H2,1-2H3. The van der Waals surface area contributed by atoms with Crippen LogP contribution in [0.15, 0.2) is 54.9 Å². The van der Waals surface area contributed by atoms with Crippen molar-refractivity contribution in [1.82, 2.24) is 9.97 Å². The fourth-order valence-electron chi connectivity index (χ4n) is 3.68. The van der Waals surface area contributed by atoms with Crippen molar-refractivity contribution in [2.24, 2.45) is 0 Å². The molecule has 35 heavy (non-hydrogen) atoms. The second-order valence-corrected chi connectivity index (χ2v) is 8.69. The van der Waals surface area contributed by atoms with E-state index in [4.69, 9.17) is 9.47 Å². The fraction of sp³-hybridized carbons (Fsp3) is 0.414. The van der Waals surface area contributed by atoms with E-state index in [-0.39, 0.29) is 11.4 Å². The number of esters is 1. The van der Waals surface area contributed by atoms with Crippen LogP contribution in [0.4, 0.5) is 4.39 Å². The van der Waals surface area contributed by atoms with Gasteiger partial charge in [0.05, 0.1) is 24.7 Å². The van der Waals surface area contributed by atoms with Gasteiger partial charge in [0.1, 0.15) is 5.75 Å². The Bertz CT molecular complexity index is 1050. The molecule has 1 aromatic heterocycles. The van der Waals surface area contributed by atoms with Crippen molar-refractivity contribution < 1.29 is 18.7 Å². The highest BCUT2D eigenvalue weighted by Crippen LogP contribution is 2.23. The lowest BCUT2D eigenvalue weighted by Gasteiger charge is -2.08. The number of hydrogen-bond donors (Lipinski definition) is 0. The van der Waals surface area contributed by atoms with Crippen LogP contribution >= 0.6 is 0 Å². The number of aromatic nitrogens is 2. The molecule has 0 saturated carbocycles. The molecule has 0 spiro atoms. The summed E-state index contributed by atoms with van der Waals surface area (Å²) in [5, 5.41) is 0. The van der Waals surface area contributed by atoms with E-state index >= 15 is 0 Å². The van der Waals surface area contributed by atoms with Gasteiger partial charge in [-0.2, -0.15) is 0 Å². The van der Waals surface area contributed by atoms with Crippen LogP contribution in [0.3, 0.4) is 0 Å². The number of carbonyl (C=O) groups is 1. The number of halogens is 1. The number of aryl methyl sites for hydroxylation is 1. The Balaban J connectivity index is 1.52. The fourth-order valence-corrected chi connectivity index (χ4v) is 3.68. The van der Waals surface area contributed by atoms with Crippen LogP contribution in [-0.4, -0.2) is 22.5 Å². The zero-order valence-corrected chi connectivity index (χ0v) is 20.8. The topological polar surface area (TPSA) is 61.3 Å². The third-order valence-corrected chi connectivity index (χ3v) is 5.80. The molecule has 1 heterocycles. The summed E-state index contributed by atoms with van der Waals surface area (Å²) >= 11 is 0. The summed E-state index contributed by atoms with van der Waals surface area (Å²) in [4.78, 5) is 20.9. The van der Waals surface area contributed by atoms with Gasteiger partial charge in [-0.05, 0) is 61.2 Å². The van der Waals surface area contributed by atoms with Crippen LogP contribution in [0.2, 0.25) is 0 Å². The van der Waals surface area contributed by atoms with Gasteiger partial charge in [0.2, 0.25) is 0 Å². The van der Waals surface area contributed by atoms with Crippen LogP contribution in [0.1, 0.15) is 81.3 Å². The predicted molar refractivity (Wildman–Crippen MR) is 136 cm³/mol. The van der Waals surface area contributed by atoms with Crippen molar-refractivity contribution in [3.8, 4) is 22.8 Å². The summed E-state index contributed by atoms with van der Waals surface area (Å²) in [6.45, 7) is 5.01. The van der Waals surface area contributed by atoms with E-state index in [9.17, 15) is 9.18 Å². The van der Waals surface area contributed by atoms with E-state index in [2.05, 4.69) is 23.8 Å². The number of hydrogen-bond acceptors (Lipinski definition) is 5. The largest absolute Gasteiger partial charge is 0.494 e. The monoisotopic (exact) mass is 478 g/mol. The lowest BCUT2D eigenvalue weighted by Crippen LogP contribution is -2.12. The van der Waals surface area contributed by atoms with Gasteiger partial charge in [0, 0.05) is 5.56 Å². The van der Waals surface area contributed by atoms with Gasteiger partial charge in [-0.3, -0.25) is 4.98 Å². The minimum absolute atomic E-state index is 0.0174. The Morgan fingerprint density at radius 3 is 2.29 bits per heavy atom. The number of rotatable bonds is 14. The second-order valence-electron chi connectivity index (χ2n) is 8.69. The van der Waals surface area contributed by atoms with Gasteiger partial charge in [0.15, 0.2) is 17.3 Å². The lowest BCUT2D eigenvalue weighted by atomic mass is 10.0. The van der Waals surface area contributed by atoms with Crippen molar-refractivity contribution in [3.05, 3.63) is 71.9 Å². The average molecular weight is 479 g/mol. The number of carbonyl (C=O) groups excluding carboxylic acids is 1. The van der Waals surface area contributed by atoms with E-state index in [1.54, 1.807) is 0 Å². The number of benzene rings is 2. The van der Waals surface area contributed by atoms with Crippen molar-refractivity contribution in [1.29, 1.82) is 0 Å². The zero-order valence-electron chi connectivity index (χ0n) is 20.8. The second kappa shape index (κ2) is 14.2. The summed E-state index contributed by atoms with van der Waals surface area (Å²) in [6, 6.07) is 12.3. The van der Waals surface area contributed by atoms with Gasteiger partial charge in [-0.1, -0.05) is 58.4 Å². The average Bonchev–Trinajstić information content (AvgIpc) is 2.88. The molecule has 186 valence electrons. The highest BCUT2D eigenvalue weighted by molar-refractivity contribution is 5.88. The summed E-state index contributed by atoms with van der Waals surface area (Å²) in [6.07, 6.45) is 12.9. The predicted octanol–water partition coefficient (Wildman–Crippen LogP) is 7.58. The maximum atomic E-state index is 14.5. The Morgan fingerprint density at radius 1 is 0.857 bits per heavy atom. The minimum Gasteiger partial charge on any atom is -0.494 e. The molecule has 0 fully saturated rings. The number of unbranched alkanes of at least 4 members (excludes halogenated alkanes) is 6. The molecule has 2 aromatic carbocycles. The van der Waals surface area contributed by atoms with E-state index in [0.717, 1.165) is 49.0 Å². The normalized spacial score (nSPS) is 10.8. The van der Waals surface area contributed by atoms with E-state index in [1.807, 2.05) is 30.3 Å². The first-order chi connectivity index (χ1) is 17.1. The highest BCUT2D eigenvalue weighted by atomic mass is 19.1. The molecule has 0 aliphatic rings. The Labute approximate surface area is 207 Å². The molecular weight excluding hydrogens is 443 g/mol. The summed E-state index contributed by atoms with van der Waals surface area (Å²) in [5.74, 6) is -0.597. The summed E-state index contributed by atoms with van der Waals surface area (Å²) in [5.41, 5.74) is 2.40. The molecular formula is C29H35FN2O3. The Hall–Kier alpha value is -3.28. The smallest absolute Gasteiger partial charge is 0.364 e. The van der Waals surface area contributed by atoms with Gasteiger partial charge in [-0.25, -0.2) is 14.2 Å². The van der Waals surface area contributed by atoms with Gasteiger partial charge in [-0.15, -0.1) is 0 Å². The van der Waals surface area contributed by atoms with E-state index in [1.165, 1.54) is 50.2 Å². The maximum Gasteiger partial charge on any atom is 0.364 e. The molecule has 0 N–H and O–H groups in total. The molecule has 5 nitrogen and oxygen atoms in total. The molecule has 0 aliphatic carbocycles. The van der Waals surface area contributed by atoms with Gasteiger partial charge in [0.25, 0.3) is 0 Å². The van der Waals surface area contributed by atoms with Gasteiger partial charge >= 0.3 is 5.97 Å². The Morgan fingerprint density at radius 2 is 1.60 bits per heavy atom. The van der Waals surface area contributed by atoms with Gasteiger partial charge < -0.3 is 9.47 Å². The van der Waals surface area contributed by atoms with Crippen LogP contribution in [-0.2, 0) is 6.42 Å². The van der Waals surface area contributed by atoms with Crippen molar-refractivity contribution in [3.63, 3.8) is 0 Å². The zero-order chi connectivity index (χ0) is 24.9. The van der Waals surface area contributed by atoms with Crippen molar-refractivity contribution in [2.75, 3.05) is 6.61 Å². The maximum absolute atomic E-state index is 14.5. The third-order valence-electron chi connectivity index (χ3n) is 5.80. The summed E-state index contributed by atoms with van der Waals surface area (Å²) in [7, 11) is 0. The highest BCUT2D eigenvalue weighted by Gasteiger charge is 2.15. The summed E-state index contributed by atoms with van der Waals surface area (Å²) < 4.78 is 25.4. The molecule has 0 aliphatic heterocycles. The number of nitrogens with zero attached hydrogens (tertiary/aromatic N) is 2. The molecule has 3 rings (SSSR count). The lowest BCUT2D eigenvalue weighted by molar-refractivity contribution is 0.0721. The van der Waals surface area contributed by atoms with E-state index in [0.29, 0.717) is 12.3 Å². The quantitative estimate of drug-likeness (QED) is 0.136. The molecule has 0 amide bonds. The van der Waals surface area contributed by atoms with Crippen LogP contribution < -0.4 is 9.47 Å². The third kappa shape index (κ3) is 8.46. The molecule has 6 heteroatoms. The van der Waals surface area contributed by atoms with E-state index < -0.39 is 11.8 Å². The first-order valence-electron chi connectivity index (χ1n) is 12.7. The van der Waals surface area contributed by atoms with Crippen LogP contribution in [0, 0.1) is 5.82 Å². The van der Waals surface area contributed by atoms with Crippen LogP contribution in [0.25, 0.3) is 11.3 Å². The molecule has 0 unspecified atom stereocenters. The molecule has 0 bridgehead atoms. The van der Waals surface area contributed by atoms with Crippen LogP contribution in [0.5, 0.6) is 11.5 Å². The molecule has 0 saturated heterocycles. The first-order valence-corrected chi connectivity index (χ1v) is 12.7. The first kappa shape index (κ1) is 26.3. The minimum atomic E-state index is -0.744. The van der Waals surface area contributed by atoms with Crippen molar-refractivity contribution >= 4 is 5.97 Å².